The molecule has 0 aromatic heterocycles. The van der Waals surface area contributed by atoms with Gasteiger partial charge in [0.25, 0.3) is 0 Å². The van der Waals surface area contributed by atoms with Crippen LogP contribution >= 0.6 is 34.4 Å². The fourth-order valence-corrected chi connectivity index (χ4v) is 4.49. The molecule has 0 fully saturated rings. The number of amides is 2. The lowest BCUT2D eigenvalue weighted by molar-refractivity contribution is -0.146. The lowest BCUT2D eigenvalue weighted by Gasteiger charge is -2.24. The first-order chi connectivity index (χ1) is 14.8. The van der Waals surface area contributed by atoms with Crippen LogP contribution in [-0.2, 0) is 14.4 Å². The van der Waals surface area contributed by atoms with Crippen LogP contribution in [0.2, 0.25) is 0 Å². The van der Waals surface area contributed by atoms with Gasteiger partial charge in [-0.3, -0.25) is 14.4 Å². The maximum absolute atomic E-state index is 12.6. The van der Waals surface area contributed by atoms with Gasteiger partial charge in [-0.1, -0.05) is 12.2 Å². The Hall–Kier alpha value is -2.33. The summed E-state index contributed by atoms with van der Waals surface area (Å²) in [5.74, 6) is -2.61. The Morgan fingerprint density at radius 2 is 1.48 bits per heavy atom. The summed E-state index contributed by atoms with van der Waals surface area (Å²) in [6.07, 6.45) is 4.45. The molecule has 3 rings (SSSR count). The van der Waals surface area contributed by atoms with Crippen LogP contribution in [0.15, 0.2) is 65.6 Å². The Labute approximate surface area is 199 Å². The summed E-state index contributed by atoms with van der Waals surface area (Å²) in [4.78, 5) is 37.3. The van der Waals surface area contributed by atoms with E-state index in [0.29, 0.717) is 18.5 Å². The quantitative estimate of drug-likeness (QED) is 0.256. The van der Waals surface area contributed by atoms with Crippen molar-refractivity contribution in [2.24, 2.45) is 11.8 Å². The fraction of sp³-hybridized carbons (Fsp3) is 0.261. The molecule has 2 aromatic carbocycles. The summed E-state index contributed by atoms with van der Waals surface area (Å²) in [6.45, 7) is 1.84. The van der Waals surface area contributed by atoms with E-state index in [1.807, 2.05) is 55.5 Å². The molecular formula is C23H23IN2O4S. The van der Waals surface area contributed by atoms with Crippen LogP contribution in [0, 0.1) is 15.4 Å². The predicted molar refractivity (Wildman–Crippen MR) is 131 cm³/mol. The number of anilines is 2. The number of rotatable bonds is 7. The van der Waals surface area contributed by atoms with Crippen molar-refractivity contribution in [1.29, 1.82) is 0 Å². The number of hydrogen-bond donors (Lipinski definition) is 3. The second-order valence-electron chi connectivity index (χ2n) is 7.26. The van der Waals surface area contributed by atoms with Gasteiger partial charge >= 0.3 is 5.97 Å². The zero-order valence-corrected chi connectivity index (χ0v) is 19.9. The predicted octanol–water partition coefficient (Wildman–Crippen LogP) is 5.02. The Morgan fingerprint density at radius 3 is 2.10 bits per heavy atom. The Bertz CT molecular complexity index is 976. The molecule has 6 nitrogen and oxygen atoms in total. The Kier molecular flexibility index (Phi) is 8.14. The maximum atomic E-state index is 12.6. The van der Waals surface area contributed by atoms with Crippen LogP contribution in [0.1, 0.15) is 19.8 Å². The lowest BCUT2D eigenvalue weighted by Crippen LogP contribution is -2.34. The highest BCUT2D eigenvalue weighted by molar-refractivity contribution is 14.1. The SMILES string of the molecule is CC(Sc1ccc(NC(=O)C2CC=CCC2C(=O)O)cc1)C(=O)Nc1ccc(I)cc1. The third kappa shape index (κ3) is 6.57. The van der Waals surface area contributed by atoms with Crippen LogP contribution in [-0.4, -0.2) is 28.1 Å². The molecule has 0 saturated heterocycles. The maximum Gasteiger partial charge on any atom is 0.307 e. The van der Waals surface area contributed by atoms with Crippen molar-refractivity contribution in [1.82, 2.24) is 0 Å². The van der Waals surface area contributed by atoms with Crippen molar-refractivity contribution < 1.29 is 19.5 Å². The lowest BCUT2D eigenvalue weighted by atomic mass is 9.82. The van der Waals surface area contributed by atoms with E-state index in [4.69, 9.17) is 0 Å². The second-order valence-corrected chi connectivity index (χ2v) is 9.92. The Balaban J connectivity index is 1.55. The van der Waals surface area contributed by atoms with E-state index < -0.39 is 17.8 Å². The number of allylic oxidation sites excluding steroid dienone is 2. The van der Waals surface area contributed by atoms with Crippen LogP contribution in [0.5, 0.6) is 0 Å². The molecule has 0 bridgehead atoms. The molecule has 2 aromatic rings. The molecule has 0 spiro atoms. The highest BCUT2D eigenvalue weighted by Gasteiger charge is 2.33. The van der Waals surface area contributed by atoms with Gasteiger partial charge in [0.05, 0.1) is 17.1 Å². The van der Waals surface area contributed by atoms with E-state index in [1.165, 1.54) is 11.8 Å². The van der Waals surface area contributed by atoms with Gasteiger partial charge in [0.15, 0.2) is 0 Å². The summed E-state index contributed by atoms with van der Waals surface area (Å²) in [5, 5.41) is 14.8. The van der Waals surface area contributed by atoms with Gasteiger partial charge < -0.3 is 15.7 Å². The molecule has 1 aliphatic carbocycles. The third-order valence-electron chi connectivity index (χ3n) is 5.00. The van der Waals surface area contributed by atoms with Gasteiger partial charge in [0, 0.05) is 19.8 Å². The summed E-state index contributed by atoms with van der Waals surface area (Å²) >= 11 is 3.63. The summed E-state index contributed by atoms with van der Waals surface area (Å²) < 4.78 is 1.10. The average molecular weight is 550 g/mol. The van der Waals surface area contributed by atoms with E-state index in [2.05, 4.69) is 33.2 Å². The summed E-state index contributed by atoms with van der Waals surface area (Å²) in [6, 6.07) is 14.8. The molecule has 8 heteroatoms. The largest absolute Gasteiger partial charge is 0.481 e. The minimum atomic E-state index is -0.950. The molecule has 0 heterocycles. The Morgan fingerprint density at radius 1 is 0.935 bits per heavy atom. The topological polar surface area (TPSA) is 95.5 Å². The number of benzene rings is 2. The third-order valence-corrected chi connectivity index (χ3v) is 6.83. The molecule has 0 aliphatic heterocycles. The molecule has 31 heavy (non-hydrogen) atoms. The van der Waals surface area contributed by atoms with Gasteiger partial charge in [-0.25, -0.2) is 0 Å². The first-order valence-electron chi connectivity index (χ1n) is 9.85. The molecule has 3 atom stereocenters. The minimum absolute atomic E-state index is 0.0892. The zero-order chi connectivity index (χ0) is 22.4. The van der Waals surface area contributed by atoms with Crippen LogP contribution in [0.4, 0.5) is 11.4 Å². The molecule has 0 radical (unpaired) electrons. The number of carboxylic acid groups (broad SMARTS) is 1. The first kappa shape index (κ1) is 23.3. The van der Waals surface area contributed by atoms with Gasteiger partial charge in [-0.15, -0.1) is 11.8 Å². The van der Waals surface area contributed by atoms with Gasteiger partial charge in [0.1, 0.15) is 0 Å². The standard InChI is InChI=1S/C23H23IN2O4S/c1-14(21(27)25-16-8-6-15(24)7-9-16)31-18-12-10-17(11-13-18)26-22(28)19-4-2-3-5-20(19)23(29)30/h2-3,6-14,19-20H,4-5H2,1H3,(H,25,27)(H,26,28)(H,29,30). The monoisotopic (exact) mass is 550 g/mol. The second kappa shape index (κ2) is 10.8. The number of nitrogens with one attached hydrogen (secondary N) is 2. The smallest absolute Gasteiger partial charge is 0.307 e. The normalized spacial score (nSPS) is 18.8. The van der Waals surface area contributed by atoms with Crippen molar-refractivity contribution in [2.75, 3.05) is 10.6 Å². The van der Waals surface area contributed by atoms with E-state index >= 15 is 0 Å². The van der Waals surface area contributed by atoms with Crippen molar-refractivity contribution in [2.45, 2.75) is 29.9 Å². The van der Waals surface area contributed by atoms with E-state index in [1.54, 1.807) is 12.1 Å². The molecule has 3 unspecified atom stereocenters. The van der Waals surface area contributed by atoms with E-state index in [0.717, 1.165) is 14.2 Å². The van der Waals surface area contributed by atoms with Crippen LogP contribution in [0.3, 0.4) is 0 Å². The molecule has 162 valence electrons. The van der Waals surface area contributed by atoms with E-state index in [-0.39, 0.29) is 17.1 Å². The molecule has 2 amide bonds. The van der Waals surface area contributed by atoms with Crippen molar-refractivity contribution in [3.8, 4) is 0 Å². The number of hydrogen-bond acceptors (Lipinski definition) is 4. The molecule has 0 saturated carbocycles. The van der Waals surface area contributed by atoms with Gasteiger partial charge in [-0.05, 0) is 90.9 Å². The number of thioether (sulfide) groups is 1. The van der Waals surface area contributed by atoms with Gasteiger partial charge in [0.2, 0.25) is 11.8 Å². The number of carbonyl (C=O) groups is 3. The van der Waals surface area contributed by atoms with E-state index in [9.17, 15) is 19.5 Å². The summed E-state index contributed by atoms with van der Waals surface area (Å²) in [7, 11) is 0. The van der Waals surface area contributed by atoms with Crippen LogP contribution < -0.4 is 10.6 Å². The highest BCUT2D eigenvalue weighted by Crippen LogP contribution is 2.29. The first-order valence-corrected chi connectivity index (χ1v) is 11.8. The number of carboxylic acids is 1. The molecular weight excluding hydrogens is 527 g/mol. The van der Waals surface area contributed by atoms with Crippen molar-refractivity contribution >= 4 is 63.5 Å². The van der Waals surface area contributed by atoms with Crippen molar-refractivity contribution in [3.63, 3.8) is 0 Å². The van der Waals surface area contributed by atoms with Crippen molar-refractivity contribution in [3.05, 3.63) is 64.3 Å². The zero-order valence-electron chi connectivity index (χ0n) is 16.9. The van der Waals surface area contributed by atoms with Gasteiger partial charge in [-0.2, -0.15) is 0 Å². The number of aliphatic carboxylic acids is 1. The van der Waals surface area contributed by atoms with Crippen LogP contribution in [0.25, 0.3) is 0 Å². The number of carbonyl (C=O) groups excluding carboxylic acids is 2. The average Bonchev–Trinajstić information content (AvgIpc) is 2.76. The summed E-state index contributed by atoms with van der Waals surface area (Å²) in [5.41, 5.74) is 1.36. The number of halogens is 1. The molecule has 3 N–H and O–H groups in total. The minimum Gasteiger partial charge on any atom is -0.481 e. The fourth-order valence-electron chi connectivity index (χ4n) is 3.26. The molecule has 1 aliphatic rings. The highest BCUT2D eigenvalue weighted by atomic mass is 127.